The SMILES string of the molecule is CC(C#N)OCc1nc(-c2ccccc2)n(C(C)C#N)c1COC(C)C#N. The van der Waals surface area contributed by atoms with Gasteiger partial charge in [-0.2, -0.15) is 15.8 Å². The van der Waals surface area contributed by atoms with Crippen molar-refractivity contribution in [3.05, 3.63) is 41.7 Å². The summed E-state index contributed by atoms with van der Waals surface area (Å²) in [5.74, 6) is 0.621. The van der Waals surface area contributed by atoms with Crippen molar-refractivity contribution < 1.29 is 9.47 Å². The lowest BCUT2D eigenvalue weighted by molar-refractivity contribution is 0.0716. The molecule has 0 saturated carbocycles. The average molecular weight is 363 g/mol. The van der Waals surface area contributed by atoms with E-state index in [0.29, 0.717) is 17.2 Å². The maximum Gasteiger partial charge on any atom is 0.141 e. The molecule has 0 N–H and O–H groups in total. The third kappa shape index (κ3) is 4.92. The minimum atomic E-state index is -0.599. The van der Waals surface area contributed by atoms with Crippen molar-refractivity contribution in [2.75, 3.05) is 0 Å². The van der Waals surface area contributed by atoms with Crippen molar-refractivity contribution in [2.45, 2.75) is 52.2 Å². The molecular weight excluding hydrogens is 342 g/mol. The van der Waals surface area contributed by atoms with Gasteiger partial charge in [-0.25, -0.2) is 4.98 Å². The Labute approximate surface area is 159 Å². The first kappa shape index (κ1) is 20.1. The van der Waals surface area contributed by atoms with Gasteiger partial charge in [-0.3, -0.25) is 0 Å². The van der Waals surface area contributed by atoms with Crippen molar-refractivity contribution in [1.82, 2.24) is 9.55 Å². The van der Waals surface area contributed by atoms with E-state index in [-0.39, 0.29) is 13.2 Å². The molecule has 7 nitrogen and oxygen atoms in total. The Kier molecular flexibility index (Phi) is 7.08. The zero-order valence-electron chi connectivity index (χ0n) is 15.6. The second-order valence-electron chi connectivity index (χ2n) is 6.03. The number of hydrogen-bond acceptors (Lipinski definition) is 6. The molecule has 0 aliphatic rings. The molecule has 2 aromatic rings. The molecule has 0 bridgehead atoms. The minimum absolute atomic E-state index is 0.110. The number of imidazole rings is 1. The van der Waals surface area contributed by atoms with Gasteiger partial charge in [-0.1, -0.05) is 30.3 Å². The predicted octanol–water partition coefficient (Wildman–Crippen LogP) is 3.49. The Balaban J connectivity index is 2.53. The fraction of sp³-hybridized carbons (Fsp3) is 0.400. The number of ether oxygens (including phenoxy) is 2. The highest BCUT2D eigenvalue weighted by Crippen LogP contribution is 2.28. The number of nitrogens with zero attached hydrogens (tertiary/aromatic N) is 5. The maximum absolute atomic E-state index is 9.51. The molecule has 0 spiro atoms. The highest BCUT2D eigenvalue weighted by Gasteiger charge is 2.23. The van der Waals surface area contributed by atoms with Crippen molar-refractivity contribution >= 4 is 0 Å². The first-order chi connectivity index (χ1) is 13.0. The summed E-state index contributed by atoms with van der Waals surface area (Å²) in [6.07, 6.45) is -1.19. The largest absolute Gasteiger partial charge is 0.357 e. The van der Waals surface area contributed by atoms with Crippen LogP contribution in [0.2, 0.25) is 0 Å². The van der Waals surface area contributed by atoms with Crippen LogP contribution in [0.15, 0.2) is 30.3 Å². The van der Waals surface area contributed by atoms with E-state index in [1.54, 1.807) is 25.3 Å². The Bertz CT molecular complexity index is 886. The van der Waals surface area contributed by atoms with Crippen LogP contribution < -0.4 is 0 Å². The van der Waals surface area contributed by atoms with E-state index in [9.17, 15) is 5.26 Å². The maximum atomic E-state index is 9.51. The number of hydrogen-bond donors (Lipinski definition) is 0. The van der Waals surface area contributed by atoms with Crippen LogP contribution in [-0.4, -0.2) is 21.8 Å². The molecule has 27 heavy (non-hydrogen) atoms. The third-order valence-electron chi connectivity index (χ3n) is 4.00. The third-order valence-corrected chi connectivity index (χ3v) is 4.00. The number of nitriles is 3. The lowest BCUT2D eigenvalue weighted by Crippen LogP contribution is -2.14. The Hall–Kier alpha value is -3.18. The van der Waals surface area contributed by atoms with Crippen LogP contribution in [0, 0.1) is 34.0 Å². The summed E-state index contributed by atoms with van der Waals surface area (Å²) >= 11 is 0. The van der Waals surface area contributed by atoms with Gasteiger partial charge >= 0.3 is 0 Å². The van der Waals surface area contributed by atoms with E-state index >= 15 is 0 Å². The van der Waals surface area contributed by atoms with Crippen LogP contribution in [0.5, 0.6) is 0 Å². The molecule has 0 radical (unpaired) electrons. The fourth-order valence-corrected chi connectivity index (χ4v) is 2.53. The van der Waals surface area contributed by atoms with Gasteiger partial charge < -0.3 is 14.0 Å². The van der Waals surface area contributed by atoms with E-state index in [2.05, 4.69) is 11.1 Å². The summed E-state index contributed by atoms with van der Waals surface area (Å²) in [5.41, 5.74) is 2.10. The standard InChI is InChI=1S/C20H21N5O2/c1-14(9-21)25-19(13-27-16(3)11-23)18(12-26-15(2)10-22)24-20(25)17-7-5-4-6-8-17/h4-8,14-16H,12-13H2,1-3H3. The molecule has 0 aliphatic heterocycles. The monoisotopic (exact) mass is 363 g/mol. The van der Waals surface area contributed by atoms with E-state index in [0.717, 1.165) is 5.56 Å². The number of aromatic nitrogens is 2. The molecule has 0 saturated heterocycles. The fourth-order valence-electron chi connectivity index (χ4n) is 2.53. The number of rotatable bonds is 8. The smallest absolute Gasteiger partial charge is 0.141 e. The van der Waals surface area contributed by atoms with Crippen molar-refractivity contribution in [2.24, 2.45) is 0 Å². The lowest BCUT2D eigenvalue weighted by atomic mass is 10.2. The van der Waals surface area contributed by atoms with Gasteiger partial charge in [0, 0.05) is 5.56 Å². The lowest BCUT2D eigenvalue weighted by Gasteiger charge is -2.16. The first-order valence-electron chi connectivity index (χ1n) is 8.59. The highest BCUT2D eigenvalue weighted by atomic mass is 16.5. The summed E-state index contributed by atoms with van der Waals surface area (Å²) in [6.45, 7) is 5.30. The van der Waals surface area contributed by atoms with Gasteiger partial charge in [0.05, 0.1) is 42.8 Å². The van der Waals surface area contributed by atoms with Crippen molar-refractivity contribution in [1.29, 1.82) is 15.8 Å². The molecular formula is C20H21N5O2. The molecule has 138 valence electrons. The van der Waals surface area contributed by atoms with Crippen molar-refractivity contribution in [3.63, 3.8) is 0 Å². The zero-order chi connectivity index (χ0) is 19.8. The summed E-state index contributed by atoms with van der Waals surface area (Å²) in [5, 5.41) is 27.4. The molecule has 3 unspecified atom stereocenters. The topological polar surface area (TPSA) is 108 Å². The molecule has 0 aliphatic carbocycles. The summed E-state index contributed by atoms with van der Waals surface area (Å²) in [6, 6.07) is 15.3. The van der Waals surface area contributed by atoms with Crippen LogP contribution in [0.3, 0.4) is 0 Å². The van der Waals surface area contributed by atoms with Gasteiger partial charge in [0.15, 0.2) is 0 Å². The van der Waals surface area contributed by atoms with Gasteiger partial charge in [0.2, 0.25) is 0 Å². The molecule has 0 fully saturated rings. The molecule has 7 heteroatoms. The Morgan fingerprint density at radius 2 is 1.52 bits per heavy atom. The van der Waals surface area contributed by atoms with E-state index < -0.39 is 18.2 Å². The molecule has 3 atom stereocenters. The zero-order valence-corrected chi connectivity index (χ0v) is 15.6. The second-order valence-corrected chi connectivity index (χ2v) is 6.03. The van der Waals surface area contributed by atoms with Gasteiger partial charge in [-0.05, 0) is 20.8 Å². The predicted molar refractivity (Wildman–Crippen MR) is 97.7 cm³/mol. The highest BCUT2D eigenvalue weighted by molar-refractivity contribution is 5.57. The van der Waals surface area contributed by atoms with Gasteiger partial charge in [0.1, 0.15) is 24.1 Å². The van der Waals surface area contributed by atoms with Crippen LogP contribution in [0.1, 0.15) is 38.2 Å². The van der Waals surface area contributed by atoms with Gasteiger partial charge in [-0.15, -0.1) is 0 Å². The van der Waals surface area contributed by atoms with Crippen LogP contribution in [0.4, 0.5) is 0 Å². The van der Waals surface area contributed by atoms with Crippen LogP contribution in [0.25, 0.3) is 11.4 Å². The van der Waals surface area contributed by atoms with E-state index in [4.69, 9.17) is 20.0 Å². The van der Waals surface area contributed by atoms with Crippen molar-refractivity contribution in [3.8, 4) is 29.6 Å². The molecule has 1 heterocycles. The first-order valence-corrected chi connectivity index (χ1v) is 8.59. The summed E-state index contributed by atoms with van der Waals surface area (Å²) < 4.78 is 12.9. The van der Waals surface area contributed by atoms with Crippen LogP contribution in [-0.2, 0) is 22.7 Å². The van der Waals surface area contributed by atoms with E-state index in [1.165, 1.54) is 0 Å². The molecule has 0 amide bonds. The molecule has 1 aromatic heterocycles. The normalized spacial score (nSPS) is 13.8. The Morgan fingerprint density at radius 1 is 0.926 bits per heavy atom. The minimum Gasteiger partial charge on any atom is -0.357 e. The molecule has 1 aromatic carbocycles. The second kappa shape index (κ2) is 9.50. The summed E-state index contributed by atoms with van der Waals surface area (Å²) in [4.78, 5) is 4.67. The number of benzene rings is 1. The van der Waals surface area contributed by atoms with Gasteiger partial charge in [0.25, 0.3) is 0 Å². The summed E-state index contributed by atoms with van der Waals surface area (Å²) in [7, 11) is 0. The Morgan fingerprint density at radius 3 is 2.07 bits per heavy atom. The quantitative estimate of drug-likeness (QED) is 0.710. The average Bonchev–Trinajstić information content (AvgIpc) is 3.08. The molecule has 2 rings (SSSR count). The van der Waals surface area contributed by atoms with E-state index in [1.807, 2.05) is 42.5 Å². The van der Waals surface area contributed by atoms with Crippen LogP contribution >= 0.6 is 0 Å².